The van der Waals surface area contributed by atoms with Crippen molar-refractivity contribution in [3.05, 3.63) is 60.2 Å². The summed E-state index contributed by atoms with van der Waals surface area (Å²) in [4.78, 5) is 9.71. The highest BCUT2D eigenvalue weighted by Crippen LogP contribution is 2.28. The van der Waals surface area contributed by atoms with Gasteiger partial charge in [0.05, 0.1) is 24.4 Å². The van der Waals surface area contributed by atoms with Crippen LogP contribution in [0.25, 0.3) is 11.0 Å². The van der Waals surface area contributed by atoms with E-state index in [1.54, 1.807) is 0 Å². The molecule has 0 spiro atoms. The van der Waals surface area contributed by atoms with Gasteiger partial charge in [-0.15, -0.1) is 0 Å². The van der Waals surface area contributed by atoms with E-state index in [2.05, 4.69) is 82.8 Å². The third-order valence-corrected chi connectivity index (χ3v) is 4.46. The van der Waals surface area contributed by atoms with E-state index in [4.69, 9.17) is 4.98 Å². The summed E-state index contributed by atoms with van der Waals surface area (Å²) in [6.45, 7) is 7.21. The Kier molecular flexibility index (Phi) is 3.54. The van der Waals surface area contributed by atoms with Gasteiger partial charge in [0.25, 0.3) is 0 Å². The van der Waals surface area contributed by atoms with Crippen molar-refractivity contribution in [1.29, 1.82) is 0 Å². The summed E-state index contributed by atoms with van der Waals surface area (Å²) in [5.41, 5.74) is 3.64. The molecule has 0 radical (unpaired) electrons. The van der Waals surface area contributed by atoms with Crippen molar-refractivity contribution in [2.45, 2.75) is 33.1 Å². The first-order chi connectivity index (χ1) is 11.2. The molecule has 3 aromatic rings. The normalized spacial score (nSPS) is 15.3. The Morgan fingerprint density at radius 3 is 2.48 bits per heavy atom. The van der Waals surface area contributed by atoms with Crippen molar-refractivity contribution in [2.75, 3.05) is 11.6 Å². The molecule has 4 rings (SSSR count). The maximum Gasteiger partial charge on any atom is 0.208 e. The number of para-hydroxylation sites is 2. The topological polar surface area (TPSA) is 24.3 Å². The summed E-state index contributed by atoms with van der Waals surface area (Å²) in [5, 5.41) is 0. The predicted molar refractivity (Wildman–Crippen MR) is 94.2 cm³/mol. The lowest BCUT2D eigenvalue weighted by Crippen LogP contribution is -2.47. The molecule has 0 bridgehead atoms. The second kappa shape index (κ2) is 5.70. The molecule has 4 nitrogen and oxygen atoms in total. The second-order valence-corrected chi connectivity index (χ2v) is 6.49. The van der Waals surface area contributed by atoms with Gasteiger partial charge in [0.2, 0.25) is 5.95 Å². The van der Waals surface area contributed by atoms with Crippen LogP contribution in [-0.4, -0.2) is 27.2 Å². The highest BCUT2D eigenvalue weighted by atomic mass is 15.5. The SMILES string of the molecule is CC(C)N1CN(Cc2ccccc2)Cn2c1nc1ccccc12. The van der Waals surface area contributed by atoms with Gasteiger partial charge in [-0.3, -0.25) is 9.47 Å². The molecule has 4 heteroatoms. The van der Waals surface area contributed by atoms with Crippen LogP contribution in [-0.2, 0) is 13.2 Å². The van der Waals surface area contributed by atoms with Crippen molar-refractivity contribution in [2.24, 2.45) is 0 Å². The van der Waals surface area contributed by atoms with Gasteiger partial charge in [-0.2, -0.15) is 0 Å². The molecule has 2 heterocycles. The van der Waals surface area contributed by atoms with Gasteiger partial charge in [-0.05, 0) is 31.5 Å². The van der Waals surface area contributed by atoms with Crippen molar-refractivity contribution in [1.82, 2.24) is 14.5 Å². The fourth-order valence-corrected chi connectivity index (χ4v) is 3.28. The van der Waals surface area contributed by atoms with Crippen molar-refractivity contribution in [3.63, 3.8) is 0 Å². The Labute approximate surface area is 137 Å². The number of hydrogen-bond acceptors (Lipinski definition) is 3. The fraction of sp³-hybridized carbons (Fsp3) is 0.316. The molecule has 0 fully saturated rings. The van der Waals surface area contributed by atoms with Crippen LogP contribution in [0.5, 0.6) is 0 Å². The number of hydrogen-bond donors (Lipinski definition) is 0. The molecule has 0 N–H and O–H groups in total. The largest absolute Gasteiger partial charge is 0.327 e. The van der Waals surface area contributed by atoms with Gasteiger partial charge in [-0.25, -0.2) is 4.98 Å². The number of aromatic nitrogens is 2. The first kappa shape index (κ1) is 14.3. The van der Waals surface area contributed by atoms with Crippen LogP contribution < -0.4 is 4.90 Å². The standard InChI is InChI=1S/C19H22N4/c1-15(2)22-13-21(12-16-8-4-3-5-9-16)14-23-18-11-7-6-10-17(18)20-19(22)23/h3-11,15H,12-14H2,1-2H3. The van der Waals surface area contributed by atoms with Crippen LogP contribution in [0.15, 0.2) is 54.6 Å². The molecule has 1 aromatic heterocycles. The molecule has 1 aliphatic heterocycles. The zero-order chi connectivity index (χ0) is 15.8. The molecule has 0 unspecified atom stereocenters. The van der Waals surface area contributed by atoms with Gasteiger partial charge in [0, 0.05) is 12.6 Å². The van der Waals surface area contributed by atoms with E-state index in [0.29, 0.717) is 6.04 Å². The minimum atomic E-state index is 0.420. The highest BCUT2D eigenvalue weighted by molar-refractivity contribution is 5.79. The van der Waals surface area contributed by atoms with Gasteiger partial charge >= 0.3 is 0 Å². The molecule has 0 saturated heterocycles. The zero-order valence-corrected chi connectivity index (χ0v) is 13.7. The smallest absolute Gasteiger partial charge is 0.208 e. The molecule has 0 atom stereocenters. The third-order valence-electron chi connectivity index (χ3n) is 4.46. The Hall–Kier alpha value is -2.33. The van der Waals surface area contributed by atoms with Gasteiger partial charge in [-0.1, -0.05) is 42.5 Å². The van der Waals surface area contributed by atoms with Crippen molar-refractivity contribution >= 4 is 17.0 Å². The Bertz CT molecular complexity index is 807. The van der Waals surface area contributed by atoms with Crippen molar-refractivity contribution in [3.8, 4) is 0 Å². The van der Waals surface area contributed by atoms with E-state index in [9.17, 15) is 0 Å². The van der Waals surface area contributed by atoms with E-state index in [0.717, 1.165) is 31.3 Å². The minimum absolute atomic E-state index is 0.420. The number of rotatable bonds is 3. The van der Waals surface area contributed by atoms with Crippen LogP contribution >= 0.6 is 0 Å². The Morgan fingerprint density at radius 1 is 0.957 bits per heavy atom. The number of fused-ring (bicyclic) bond motifs is 3. The van der Waals surface area contributed by atoms with E-state index < -0.39 is 0 Å². The second-order valence-electron chi connectivity index (χ2n) is 6.49. The zero-order valence-electron chi connectivity index (χ0n) is 13.7. The molecule has 0 saturated carbocycles. The highest BCUT2D eigenvalue weighted by Gasteiger charge is 2.27. The summed E-state index contributed by atoms with van der Waals surface area (Å²) < 4.78 is 2.34. The molecule has 0 amide bonds. The van der Waals surface area contributed by atoms with E-state index in [1.807, 2.05) is 0 Å². The van der Waals surface area contributed by atoms with Gasteiger partial charge < -0.3 is 4.90 Å². The van der Waals surface area contributed by atoms with Crippen LogP contribution in [0.3, 0.4) is 0 Å². The molecule has 2 aromatic carbocycles. The van der Waals surface area contributed by atoms with E-state index >= 15 is 0 Å². The maximum absolute atomic E-state index is 4.86. The first-order valence-corrected chi connectivity index (χ1v) is 8.20. The molecule has 1 aliphatic rings. The summed E-state index contributed by atoms with van der Waals surface area (Å²) in [6.07, 6.45) is 0. The molecular formula is C19H22N4. The predicted octanol–water partition coefficient (Wildman–Crippen LogP) is 3.68. The van der Waals surface area contributed by atoms with Crippen LogP contribution in [0, 0.1) is 0 Å². The van der Waals surface area contributed by atoms with Gasteiger partial charge in [0.15, 0.2) is 0 Å². The average molecular weight is 306 g/mol. The molecule has 118 valence electrons. The summed E-state index contributed by atoms with van der Waals surface area (Å²) in [6, 6.07) is 19.5. The minimum Gasteiger partial charge on any atom is -0.327 e. The van der Waals surface area contributed by atoms with Crippen LogP contribution in [0.1, 0.15) is 19.4 Å². The summed E-state index contributed by atoms with van der Waals surface area (Å²) in [7, 11) is 0. The summed E-state index contributed by atoms with van der Waals surface area (Å²) in [5.74, 6) is 1.09. The van der Waals surface area contributed by atoms with E-state index in [-0.39, 0.29) is 0 Å². The van der Waals surface area contributed by atoms with Crippen LogP contribution in [0.2, 0.25) is 0 Å². The third kappa shape index (κ3) is 2.59. The van der Waals surface area contributed by atoms with E-state index in [1.165, 1.54) is 11.1 Å². The summed E-state index contributed by atoms with van der Waals surface area (Å²) >= 11 is 0. The maximum atomic E-state index is 4.86. The Balaban J connectivity index is 1.71. The van der Waals surface area contributed by atoms with Crippen LogP contribution in [0.4, 0.5) is 5.95 Å². The average Bonchev–Trinajstić information content (AvgIpc) is 2.93. The molecule has 0 aliphatic carbocycles. The molecule has 23 heavy (non-hydrogen) atoms. The fourth-order valence-electron chi connectivity index (χ4n) is 3.28. The Morgan fingerprint density at radius 2 is 1.70 bits per heavy atom. The number of imidazole rings is 1. The quantitative estimate of drug-likeness (QED) is 0.738. The lowest BCUT2D eigenvalue weighted by atomic mass is 10.2. The van der Waals surface area contributed by atoms with Crippen molar-refractivity contribution < 1.29 is 0 Å². The number of anilines is 1. The molecular weight excluding hydrogens is 284 g/mol. The van der Waals surface area contributed by atoms with Gasteiger partial charge in [0.1, 0.15) is 0 Å². The monoisotopic (exact) mass is 306 g/mol. The number of nitrogens with zero attached hydrogens (tertiary/aromatic N) is 4. The first-order valence-electron chi connectivity index (χ1n) is 8.20. The lowest BCUT2D eigenvalue weighted by molar-refractivity contribution is 0.185. The lowest BCUT2D eigenvalue weighted by Gasteiger charge is -2.39. The number of benzene rings is 2.